The van der Waals surface area contributed by atoms with Gasteiger partial charge in [0.05, 0.1) is 22.6 Å². The number of amides is 2. The number of hydrogen-bond acceptors (Lipinski definition) is 4. The van der Waals surface area contributed by atoms with E-state index in [1.54, 1.807) is 0 Å². The lowest BCUT2D eigenvalue weighted by molar-refractivity contribution is -0.119. The average molecular weight is 361 g/mol. The molecule has 0 aromatic carbocycles. The number of nitrogens with zero attached hydrogens (tertiary/aromatic N) is 4. The second-order valence-electron chi connectivity index (χ2n) is 5.09. The normalized spacial score (nSPS) is 12.5. The van der Waals surface area contributed by atoms with E-state index < -0.39 is 30.0 Å². The molecule has 2 amide bonds. The quantitative estimate of drug-likeness (QED) is 0.847. The number of carbonyl (C=O) groups is 2. The van der Waals surface area contributed by atoms with E-state index in [2.05, 4.69) is 15.5 Å². The summed E-state index contributed by atoms with van der Waals surface area (Å²) >= 11 is 5.82. The molecule has 0 aliphatic rings. The van der Waals surface area contributed by atoms with Gasteiger partial charge in [-0.15, -0.1) is 0 Å². The van der Waals surface area contributed by atoms with Crippen LogP contribution in [0.2, 0.25) is 5.02 Å². The molecule has 0 radical (unpaired) electrons. The summed E-state index contributed by atoms with van der Waals surface area (Å²) in [5.74, 6) is -1.36. The van der Waals surface area contributed by atoms with E-state index in [9.17, 15) is 18.4 Å². The first-order valence-corrected chi connectivity index (χ1v) is 7.18. The lowest BCUT2D eigenvalue weighted by Gasteiger charge is -2.14. The van der Waals surface area contributed by atoms with E-state index >= 15 is 0 Å². The average Bonchev–Trinajstić information content (AvgIpc) is 3.00. The molecule has 0 bridgehead atoms. The van der Waals surface area contributed by atoms with Crippen LogP contribution in [0.3, 0.4) is 0 Å². The highest BCUT2D eigenvalue weighted by molar-refractivity contribution is 6.31. The summed E-state index contributed by atoms with van der Waals surface area (Å²) in [6, 6.07) is -0.948. The Morgan fingerprint density at radius 2 is 2.04 bits per heavy atom. The molecule has 24 heavy (non-hydrogen) atoms. The molecule has 11 heteroatoms. The van der Waals surface area contributed by atoms with Crippen LogP contribution in [0.15, 0.2) is 6.20 Å². The summed E-state index contributed by atoms with van der Waals surface area (Å²) in [5, 5.41) is 9.83. The molecular formula is C13H15ClF2N6O2. The van der Waals surface area contributed by atoms with Crippen LogP contribution in [-0.2, 0) is 11.8 Å². The molecule has 0 saturated heterocycles. The number of carbonyl (C=O) groups excluding carboxylic acids is 2. The maximum Gasteiger partial charge on any atom is 0.283 e. The van der Waals surface area contributed by atoms with E-state index in [4.69, 9.17) is 17.3 Å². The number of nitrogens with two attached hydrogens (primary N) is 1. The van der Waals surface area contributed by atoms with Crippen LogP contribution in [0.25, 0.3) is 0 Å². The minimum Gasteiger partial charge on any atom is -0.364 e. The molecule has 2 heterocycles. The Kier molecular flexibility index (Phi) is 4.88. The molecule has 0 aliphatic heterocycles. The second-order valence-corrected chi connectivity index (χ2v) is 5.47. The van der Waals surface area contributed by atoms with E-state index in [1.165, 1.54) is 31.8 Å². The number of primary amides is 1. The summed E-state index contributed by atoms with van der Waals surface area (Å²) in [4.78, 5) is 23.7. The first-order chi connectivity index (χ1) is 11.1. The highest BCUT2D eigenvalue weighted by Crippen LogP contribution is 2.30. The third kappa shape index (κ3) is 3.09. The largest absolute Gasteiger partial charge is 0.364 e. The van der Waals surface area contributed by atoms with E-state index in [-0.39, 0.29) is 22.1 Å². The Morgan fingerprint density at radius 1 is 1.42 bits per heavy atom. The first kappa shape index (κ1) is 17.9. The molecule has 2 aromatic heterocycles. The predicted octanol–water partition coefficient (Wildman–Crippen LogP) is 1.81. The lowest BCUT2D eigenvalue weighted by Crippen LogP contribution is -2.27. The van der Waals surface area contributed by atoms with Crippen molar-refractivity contribution in [3.05, 3.63) is 28.3 Å². The van der Waals surface area contributed by atoms with Crippen molar-refractivity contribution < 1.29 is 18.4 Å². The van der Waals surface area contributed by atoms with Crippen molar-refractivity contribution >= 4 is 29.1 Å². The van der Waals surface area contributed by atoms with Gasteiger partial charge < -0.3 is 11.1 Å². The number of aryl methyl sites for hydroxylation is 1. The van der Waals surface area contributed by atoms with Crippen LogP contribution in [0, 0.1) is 6.92 Å². The van der Waals surface area contributed by atoms with Gasteiger partial charge in [0, 0.05) is 7.05 Å². The van der Waals surface area contributed by atoms with E-state index in [1.807, 2.05) is 0 Å². The number of hydrogen-bond donors (Lipinski definition) is 2. The monoisotopic (exact) mass is 360 g/mol. The highest BCUT2D eigenvalue weighted by Gasteiger charge is 2.26. The summed E-state index contributed by atoms with van der Waals surface area (Å²) in [5.41, 5.74) is 5.01. The zero-order valence-corrected chi connectivity index (χ0v) is 13.8. The minimum absolute atomic E-state index is 0.0130. The molecule has 8 nitrogen and oxygen atoms in total. The van der Waals surface area contributed by atoms with Gasteiger partial charge in [0.2, 0.25) is 5.91 Å². The van der Waals surface area contributed by atoms with Crippen molar-refractivity contribution in [3.63, 3.8) is 0 Å². The van der Waals surface area contributed by atoms with Gasteiger partial charge in [-0.3, -0.25) is 19.0 Å². The van der Waals surface area contributed by atoms with Crippen molar-refractivity contribution in [2.75, 3.05) is 5.32 Å². The molecule has 0 saturated carbocycles. The maximum absolute atomic E-state index is 12.9. The fourth-order valence-electron chi connectivity index (χ4n) is 2.21. The third-order valence-corrected chi connectivity index (χ3v) is 3.95. The topological polar surface area (TPSA) is 108 Å². The van der Waals surface area contributed by atoms with Crippen LogP contribution in [0.1, 0.15) is 41.3 Å². The zero-order chi connectivity index (χ0) is 18.2. The zero-order valence-electron chi connectivity index (χ0n) is 13.0. The van der Waals surface area contributed by atoms with Crippen LogP contribution in [0.4, 0.5) is 14.5 Å². The van der Waals surface area contributed by atoms with Gasteiger partial charge in [0.15, 0.2) is 0 Å². The van der Waals surface area contributed by atoms with Crippen molar-refractivity contribution in [2.45, 2.75) is 26.3 Å². The third-order valence-electron chi connectivity index (χ3n) is 3.48. The molecule has 1 unspecified atom stereocenters. The number of nitrogens with one attached hydrogen (secondary N) is 1. The fourth-order valence-corrected chi connectivity index (χ4v) is 2.41. The number of anilines is 1. The van der Waals surface area contributed by atoms with Crippen LogP contribution < -0.4 is 11.1 Å². The van der Waals surface area contributed by atoms with Crippen molar-refractivity contribution in [1.82, 2.24) is 19.6 Å². The van der Waals surface area contributed by atoms with E-state index in [0.717, 1.165) is 4.68 Å². The Hall–Kier alpha value is -2.49. The highest BCUT2D eigenvalue weighted by atomic mass is 35.5. The summed E-state index contributed by atoms with van der Waals surface area (Å²) in [6.07, 6.45) is -1.59. The lowest BCUT2D eigenvalue weighted by atomic mass is 10.2. The predicted molar refractivity (Wildman–Crippen MR) is 82.0 cm³/mol. The summed E-state index contributed by atoms with van der Waals surface area (Å²) < 4.78 is 28.0. The van der Waals surface area contributed by atoms with Crippen LogP contribution >= 0.6 is 11.6 Å². The van der Waals surface area contributed by atoms with Gasteiger partial charge in [0.25, 0.3) is 12.3 Å². The van der Waals surface area contributed by atoms with Gasteiger partial charge in [-0.1, -0.05) is 11.6 Å². The van der Waals surface area contributed by atoms with E-state index in [0.29, 0.717) is 0 Å². The Bertz CT molecular complexity index is 801. The molecule has 0 spiro atoms. The number of rotatable bonds is 5. The van der Waals surface area contributed by atoms with Crippen molar-refractivity contribution in [3.8, 4) is 0 Å². The Balaban J connectivity index is 2.28. The molecule has 2 rings (SSSR count). The van der Waals surface area contributed by atoms with Gasteiger partial charge in [-0.05, 0) is 13.8 Å². The molecule has 0 fully saturated rings. The first-order valence-electron chi connectivity index (χ1n) is 6.80. The molecule has 130 valence electrons. The standard InChI is InChI=1S/C13H15ClF2N6O2/c1-5-8(14)9(11(15)16)20-22(5)6(2)13(24)19-7-4-18-21(3)10(7)12(17)23/h4,6,11H,1-3H3,(H2,17,23)(H,19,24). The Morgan fingerprint density at radius 3 is 2.54 bits per heavy atom. The van der Waals surface area contributed by atoms with Crippen LogP contribution in [-0.4, -0.2) is 31.4 Å². The maximum atomic E-state index is 12.9. The number of alkyl halides is 2. The van der Waals surface area contributed by atoms with Crippen molar-refractivity contribution in [2.24, 2.45) is 12.8 Å². The number of halogens is 3. The van der Waals surface area contributed by atoms with Crippen LogP contribution in [0.5, 0.6) is 0 Å². The molecule has 2 aromatic rings. The van der Waals surface area contributed by atoms with Crippen molar-refractivity contribution in [1.29, 1.82) is 0 Å². The summed E-state index contributed by atoms with van der Waals surface area (Å²) in [6.45, 7) is 2.94. The molecule has 1 atom stereocenters. The molecule has 3 N–H and O–H groups in total. The molecular weight excluding hydrogens is 346 g/mol. The van der Waals surface area contributed by atoms with Gasteiger partial charge in [-0.25, -0.2) is 8.78 Å². The smallest absolute Gasteiger partial charge is 0.283 e. The Labute approximate surface area is 140 Å². The second kappa shape index (κ2) is 6.56. The summed E-state index contributed by atoms with van der Waals surface area (Å²) in [7, 11) is 1.49. The number of aromatic nitrogens is 4. The molecule has 0 aliphatic carbocycles. The van der Waals surface area contributed by atoms with Gasteiger partial charge in [0.1, 0.15) is 17.4 Å². The van der Waals surface area contributed by atoms with Gasteiger partial charge in [-0.2, -0.15) is 10.2 Å². The van der Waals surface area contributed by atoms with Gasteiger partial charge >= 0.3 is 0 Å². The minimum atomic E-state index is -2.85. The fraction of sp³-hybridized carbons (Fsp3) is 0.385. The SMILES string of the molecule is Cc1c(Cl)c(C(F)F)nn1C(C)C(=O)Nc1cnn(C)c1C(N)=O.